The van der Waals surface area contributed by atoms with E-state index in [0.29, 0.717) is 0 Å². The minimum absolute atomic E-state index is 0.0922. The van der Waals surface area contributed by atoms with E-state index in [9.17, 15) is 0 Å². The fraction of sp³-hybridized carbons (Fsp3) is 0.455. The van der Waals surface area contributed by atoms with Crippen LogP contribution in [-0.4, -0.2) is 12.0 Å². The third-order valence-electron chi connectivity index (χ3n) is 5.56. The van der Waals surface area contributed by atoms with Crippen molar-refractivity contribution >= 4 is 11.8 Å². The molecule has 0 aliphatic heterocycles. The largest absolute Gasteiger partial charge is 0.165 e. The van der Waals surface area contributed by atoms with Crippen molar-refractivity contribution in [3.63, 3.8) is 0 Å². The van der Waals surface area contributed by atoms with Crippen molar-refractivity contribution in [2.24, 2.45) is 0 Å². The summed E-state index contributed by atoms with van der Waals surface area (Å²) >= 11 is 1.95. The fourth-order valence-corrected chi connectivity index (χ4v) is 4.01. The molecule has 0 nitrogen and oxygen atoms in total. The van der Waals surface area contributed by atoms with E-state index in [0.717, 1.165) is 0 Å². The van der Waals surface area contributed by atoms with Crippen LogP contribution >= 0.6 is 11.8 Å². The Bertz CT molecular complexity index is 573. The Labute approximate surface area is 146 Å². The lowest BCUT2D eigenvalue weighted by Gasteiger charge is -2.46. The Morgan fingerprint density at radius 1 is 0.739 bits per heavy atom. The van der Waals surface area contributed by atoms with Crippen molar-refractivity contribution in [3.05, 3.63) is 71.8 Å². The van der Waals surface area contributed by atoms with Crippen LogP contribution in [0, 0.1) is 0 Å². The van der Waals surface area contributed by atoms with Gasteiger partial charge in [-0.15, -0.1) is 0 Å². The summed E-state index contributed by atoms with van der Waals surface area (Å²) in [6.45, 7) is 7.27. The van der Waals surface area contributed by atoms with E-state index in [4.69, 9.17) is 0 Å². The maximum atomic E-state index is 2.45. The molecule has 0 heterocycles. The average molecular weight is 327 g/mol. The van der Waals surface area contributed by atoms with Gasteiger partial charge in [0.05, 0.1) is 0 Å². The molecule has 2 aromatic carbocycles. The first-order valence-corrected chi connectivity index (χ1v) is 10.0. The molecule has 1 unspecified atom stereocenters. The molecule has 2 aromatic rings. The SMILES string of the molecule is CSCCCCC(C)(c1ccccc1)C(C)(C)c1ccccc1. The normalized spacial score (nSPS) is 14.4. The van der Waals surface area contributed by atoms with Gasteiger partial charge in [-0.25, -0.2) is 0 Å². The molecule has 0 amide bonds. The van der Waals surface area contributed by atoms with Gasteiger partial charge in [0.2, 0.25) is 0 Å². The second-order valence-electron chi connectivity index (χ2n) is 7.14. The van der Waals surface area contributed by atoms with E-state index in [1.165, 1.54) is 36.1 Å². The van der Waals surface area contributed by atoms with E-state index in [-0.39, 0.29) is 10.8 Å². The Hall–Kier alpha value is -1.21. The van der Waals surface area contributed by atoms with Crippen LogP contribution < -0.4 is 0 Å². The summed E-state index contributed by atoms with van der Waals surface area (Å²) in [7, 11) is 0. The molecule has 0 spiro atoms. The predicted octanol–water partition coefficient (Wildman–Crippen LogP) is 6.46. The van der Waals surface area contributed by atoms with Crippen LogP contribution in [0.5, 0.6) is 0 Å². The summed E-state index contributed by atoms with van der Waals surface area (Å²) in [6, 6.07) is 22.1. The maximum absolute atomic E-state index is 2.45. The number of thioether (sulfide) groups is 1. The third-order valence-corrected chi connectivity index (χ3v) is 6.26. The molecule has 0 saturated heterocycles. The molecular formula is C22H30S. The number of rotatable bonds is 8. The molecule has 0 bridgehead atoms. The second-order valence-corrected chi connectivity index (χ2v) is 8.12. The molecule has 1 heteroatoms. The van der Waals surface area contributed by atoms with Crippen LogP contribution in [0.2, 0.25) is 0 Å². The van der Waals surface area contributed by atoms with Gasteiger partial charge in [-0.2, -0.15) is 11.8 Å². The Kier molecular flexibility index (Phi) is 6.35. The predicted molar refractivity (Wildman–Crippen MR) is 105 cm³/mol. The van der Waals surface area contributed by atoms with Crippen molar-refractivity contribution < 1.29 is 0 Å². The topological polar surface area (TPSA) is 0 Å². The standard InChI is InChI=1S/C22H30S/c1-21(2,19-13-7-5-8-14-19)22(3,17-11-12-18-23-4)20-15-9-6-10-16-20/h5-10,13-16H,11-12,17-18H2,1-4H3. The van der Waals surface area contributed by atoms with Gasteiger partial charge in [0.1, 0.15) is 0 Å². The molecule has 0 aliphatic rings. The van der Waals surface area contributed by atoms with Crippen molar-refractivity contribution in [2.45, 2.75) is 50.9 Å². The van der Waals surface area contributed by atoms with Gasteiger partial charge in [-0.1, -0.05) is 87.9 Å². The summed E-state index contributed by atoms with van der Waals surface area (Å²) in [4.78, 5) is 0. The molecule has 0 radical (unpaired) electrons. The molecule has 0 aromatic heterocycles. The number of hydrogen-bond donors (Lipinski definition) is 0. The van der Waals surface area contributed by atoms with Gasteiger partial charge in [-0.05, 0) is 41.4 Å². The first kappa shape index (κ1) is 18.1. The molecule has 0 N–H and O–H groups in total. The van der Waals surface area contributed by atoms with Crippen LogP contribution in [0.1, 0.15) is 51.2 Å². The summed E-state index contributed by atoms with van der Waals surface area (Å²) in [6.07, 6.45) is 6.00. The molecular weight excluding hydrogens is 296 g/mol. The molecule has 1 atom stereocenters. The van der Waals surface area contributed by atoms with Crippen LogP contribution in [0.3, 0.4) is 0 Å². The second kappa shape index (κ2) is 8.06. The monoisotopic (exact) mass is 326 g/mol. The van der Waals surface area contributed by atoms with E-state index in [1.54, 1.807) is 0 Å². The zero-order valence-electron chi connectivity index (χ0n) is 15.0. The quantitative estimate of drug-likeness (QED) is 0.502. The smallest absolute Gasteiger partial charge is 0.00162 e. The minimum atomic E-state index is 0.0922. The minimum Gasteiger partial charge on any atom is -0.165 e. The van der Waals surface area contributed by atoms with E-state index < -0.39 is 0 Å². The summed E-state index contributed by atoms with van der Waals surface area (Å²) < 4.78 is 0. The zero-order valence-corrected chi connectivity index (χ0v) is 15.8. The Morgan fingerprint density at radius 2 is 1.26 bits per heavy atom. The van der Waals surface area contributed by atoms with Crippen LogP contribution in [0.4, 0.5) is 0 Å². The lowest BCUT2D eigenvalue weighted by Crippen LogP contribution is -2.43. The first-order valence-electron chi connectivity index (χ1n) is 8.62. The van der Waals surface area contributed by atoms with Gasteiger partial charge in [-0.3, -0.25) is 0 Å². The molecule has 0 fully saturated rings. The highest BCUT2D eigenvalue weighted by molar-refractivity contribution is 7.98. The van der Waals surface area contributed by atoms with Crippen molar-refractivity contribution in [1.82, 2.24) is 0 Å². The fourth-order valence-electron chi connectivity index (χ4n) is 3.52. The van der Waals surface area contributed by atoms with Crippen LogP contribution in [0.25, 0.3) is 0 Å². The lowest BCUT2D eigenvalue weighted by atomic mass is 9.58. The van der Waals surface area contributed by atoms with Gasteiger partial charge in [0.15, 0.2) is 0 Å². The maximum Gasteiger partial charge on any atom is 0.00162 e. The highest BCUT2D eigenvalue weighted by Crippen LogP contribution is 2.47. The highest BCUT2D eigenvalue weighted by atomic mass is 32.2. The van der Waals surface area contributed by atoms with Crippen molar-refractivity contribution in [2.75, 3.05) is 12.0 Å². The van der Waals surface area contributed by atoms with Gasteiger partial charge >= 0.3 is 0 Å². The van der Waals surface area contributed by atoms with Crippen molar-refractivity contribution in [3.8, 4) is 0 Å². The van der Waals surface area contributed by atoms with E-state index in [2.05, 4.69) is 87.7 Å². The Morgan fingerprint density at radius 3 is 1.78 bits per heavy atom. The van der Waals surface area contributed by atoms with Gasteiger partial charge in [0.25, 0.3) is 0 Å². The summed E-state index contributed by atoms with van der Waals surface area (Å²) in [5, 5.41) is 0. The van der Waals surface area contributed by atoms with E-state index >= 15 is 0 Å². The number of unbranched alkanes of at least 4 members (excludes halogenated alkanes) is 1. The van der Waals surface area contributed by atoms with Crippen molar-refractivity contribution in [1.29, 1.82) is 0 Å². The summed E-state index contributed by atoms with van der Waals surface area (Å²) in [5.74, 6) is 1.26. The van der Waals surface area contributed by atoms with E-state index in [1.807, 2.05) is 11.8 Å². The lowest BCUT2D eigenvalue weighted by molar-refractivity contribution is 0.251. The number of benzene rings is 2. The zero-order chi connectivity index (χ0) is 16.8. The average Bonchev–Trinajstić information content (AvgIpc) is 2.60. The Balaban J connectivity index is 2.36. The van der Waals surface area contributed by atoms with Gasteiger partial charge < -0.3 is 0 Å². The summed E-state index contributed by atoms with van der Waals surface area (Å²) in [5.41, 5.74) is 3.11. The molecule has 0 saturated carbocycles. The van der Waals surface area contributed by atoms with Crippen LogP contribution in [0.15, 0.2) is 60.7 Å². The first-order chi connectivity index (χ1) is 11.0. The molecule has 2 rings (SSSR count). The number of hydrogen-bond acceptors (Lipinski definition) is 1. The van der Waals surface area contributed by atoms with Crippen LogP contribution in [-0.2, 0) is 10.8 Å². The van der Waals surface area contributed by atoms with Gasteiger partial charge in [0, 0.05) is 5.41 Å². The molecule has 124 valence electrons. The highest BCUT2D eigenvalue weighted by Gasteiger charge is 2.42. The third kappa shape index (κ3) is 4.01. The molecule has 23 heavy (non-hydrogen) atoms. The molecule has 0 aliphatic carbocycles.